The van der Waals surface area contributed by atoms with Crippen molar-refractivity contribution >= 4 is 0 Å². The predicted molar refractivity (Wildman–Crippen MR) is 62.9 cm³/mol. The molecule has 0 amide bonds. The van der Waals surface area contributed by atoms with Crippen molar-refractivity contribution in [3.63, 3.8) is 0 Å². The molecule has 0 bridgehead atoms. The van der Waals surface area contributed by atoms with Gasteiger partial charge >= 0.3 is 0 Å². The lowest BCUT2D eigenvalue weighted by Gasteiger charge is -2.31. The molecule has 1 saturated carbocycles. The first-order valence-electron chi connectivity index (χ1n) is 5.79. The van der Waals surface area contributed by atoms with Gasteiger partial charge in [0.15, 0.2) is 0 Å². The Labute approximate surface area is 100 Å². The zero-order valence-corrected chi connectivity index (χ0v) is 9.90. The average Bonchev–Trinajstić information content (AvgIpc) is 2.67. The molecule has 0 spiro atoms. The van der Waals surface area contributed by atoms with Crippen molar-refractivity contribution in [3.05, 3.63) is 35.6 Å². The molecule has 1 aromatic rings. The lowest BCUT2D eigenvalue weighted by atomic mass is 9.81. The molecule has 0 heterocycles. The molecule has 1 aromatic carbocycles. The van der Waals surface area contributed by atoms with Gasteiger partial charge in [-0.15, -0.1) is 0 Å². The molecular weight excluding hydrogens is 221 g/mol. The molecule has 1 unspecified atom stereocenters. The standard InChI is InChI=1S/C13H18FNO2/c1-17-10-6-9(8-16)13(15,7-10)11-4-2-3-5-12(11)14/h2-5,9-10,16H,6-8,15H2,1H3/t9?,10-,13+/m1/s1. The average molecular weight is 239 g/mol. The van der Waals surface area contributed by atoms with Gasteiger partial charge in [-0.2, -0.15) is 0 Å². The SMILES string of the molecule is CO[C@@H]1CC(CO)[C@](N)(c2ccccc2F)C1. The number of halogens is 1. The summed E-state index contributed by atoms with van der Waals surface area (Å²) in [4.78, 5) is 0. The van der Waals surface area contributed by atoms with E-state index < -0.39 is 5.54 Å². The van der Waals surface area contributed by atoms with Gasteiger partial charge in [0.2, 0.25) is 0 Å². The normalized spacial score (nSPS) is 32.9. The molecule has 3 atom stereocenters. The van der Waals surface area contributed by atoms with E-state index in [2.05, 4.69) is 0 Å². The minimum Gasteiger partial charge on any atom is -0.396 e. The van der Waals surface area contributed by atoms with Crippen molar-refractivity contribution in [2.45, 2.75) is 24.5 Å². The zero-order chi connectivity index (χ0) is 12.5. The van der Waals surface area contributed by atoms with E-state index in [9.17, 15) is 9.50 Å². The van der Waals surface area contributed by atoms with E-state index in [-0.39, 0.29) is 24.4 Å². The van der Waals surface area contributed by atoms with E-state index in [0.29, 0.717) is 18.4 Å². The van der Waals surface area contributed by atoms with Gasteiger partial charge < -0.3 is 15.6 Å². The topological polar surface area (TPSA) is 55.5 Å². The molecule has 94 valence electrons. The fourth-order valence-corrected chi connectivity index (χ4v) is 2.74. The van der Waals surface area contributed by atoms with Crippen LogP contribution in [0.5, 0.6) is 0 Å². The maximum Gasteiger partial charge on any atom is 0.128 e. The third-order valence-corrected chi connectivity index (χ3v) is 3.77. The van der Waals surface area contributed by atoms with Crippen LogP contribution in [0.1, 0.15) is 18.4 Å². The van der Waals surface area contributed by atoms with E-state index in [0.717, 1.165) is 0 Å². The number of hydrogen-bond acceptors (Lipinski definition) is 3. The molecule has 1 fully saturated rings. The van der Waals surface area contributed by atoms with E-state index in [1.54, 1.807) is 25.3 Å². The van der Waals surface area contributed by atoms with E-state index in [4.69, 9.17) is 10.5 Å². The molecule has 3 N–H and O–H groups in total. The quantitative estimate of drug-likeness (QED) is 0.838. The van der Waals surface area contributed by atoms with Crippen LogP contribution in [0.2, 0.25) is 0 Å². The summed E-state index contributed by atoms with van der Waals surface area (Å²) >= 11 is 0. The molecule has 17 heavy (non-hydrogen) atoms. The van der Waals surface area contributed by atoms with E-state index in [1.165, 1.54) is 6.07 Å². The van der Waals surface area contributed by atoms with Crippen LogP contribution < -0.4 is 5.73 Å². The number of nitrogens with two attached hydrogens (primary N) is 1. The van der Waals surface area contributed by atoms with E-state index in [1.807, 2.05) is 0 Å². The molecular formula is C13H18FNO2. The minimum absolute atomic E-state index is 0.0169. The molecule has 1 aliphatic rings. The Morgan fingerprint density at radius 1 is 1.53 bits per heavy atom. The largest absolute Gasteiger partial charge is 0.396 e. The third kappa shape index (κ3) is 2.08. The summed E-state index contributed by atoms with van der Waals surface area (Å²) in [7, 11) is 1.62. The molecule has 0 radical (unpaired) electrons. The Balaban J connectivity index is 2.37. The smallest absolute Gasteiger partial charge is 0.128 e. The predicted octanol–water partition coefficient (Wildman–Crippen LogP) is 1.40. The van der Waals surface area contributed by atoms with Crippen LogP contribution in [-0.2, 0) is 10.3 Å². The van der Waals surface area contributed by atoms with Gasteiger partial charge in [0, 0.05) is 25.2 Å². The molecule has 1 aliphatic carbocycles. The summed E-state index contributed by atoms with van der Waals surface area (Å²) in [6, 6.07) is 6.50. The number of hydrogen-bond donors (Lipinski definition) is 2. The fourth-order valence-electron chi connectivity index (χ4n) is 2.74. The van der Waals surface area contributed by atoms with Crippen molar-refractivity contribution in [3.8, 4) is 0 Å². The van der Waals surface area contributed by atoms with Crippen LogP contribution in [0.15, 0.2) is 24.3 Å². The van der Waals surface area contributed by atoms with Gasteiger partial charge in [0.25, 0.3) is 0 Å². The first-order chi connectivity index (χ1) is 8.11. The number of aliphatic hydroxyl groups is 1. The Morgan fingerprint density at radius 3 is 2.82 bits per heavy atom. The fraction of sp³-hybridized carbons (Fsp3) is 0.538. The Morgan fingerprint density at radius 2 is 2.24 bits per heavy atom. The summed E-state index contributed by atoms with van der Waals surface area (Å²) in [5.41, 5.74) is 5.96. The zero-order valence-electron chi connectivity index (χ0n) is 9.90. The van der Waals surface area contributed by atoms with Gasteiger partial charge in [-0.05, 0) is 18.9 Å². The highest BCUT2D eigenvalue weighted by molar-refractivity contribution is 5.29. The maximum absolute atomic E-state index is 13.8. The molecule has 0 saturated heterocycles. The molecule has 2 rings (SSSR count). The monoisotopic (exact) mass is 239 g/mol. The van der Waals surface area contributed by atoms with Crippen LogP contribution in [0, 0.1) is 11.7 Å². The summed E-state index contributed by atoms with van der Waals surface area (Å²) in [6.07, 6.45) is 1.18. The second-order valence-electron chi connectivity index (χ2n) is 4.70. The van der Waals surface area contributed by atoms with Gasteiger partial charge in [0.05, 0.1) is 11.6 Å². The Kier molecular flexibility index (Phi) is 3.47. The minimum atomic E-state index is -0.833. The number of ether oxygens (including phenoxy) is 1. The molecule has 4 heteroatoms. The number of benzene rings is 1. The van der Waals surface area contributed by atoms with Crippen LogP contribution in [0.3, 0.4) is 0 Å². The van der Waals surface area contributed by atoms with E-state index >= 15 is 0 Å². The van der Waals surface area contributed by atoms with Crippen LogP contribution in [-0.4, -0.2) is 24.9 Å². The maximum atomic E-state index is 13.8. The Bertz CT molecular complexity index is 399. The van der Waals surface area contributed by atoms with Crippen LogP contribution in [0.4, 0.5) is 4.39 Å². The van der Waals surface area contributed by atoms with Crippen molar-refractivity contribution in [1.29, 1.82) is 0 Å². The van der Waals surface area contributed by atoms with Crippen molar-refractivity contribution in [2.24, 2.45) is 11.7 Å². The van der Waals surface area contributed by atoms with Gasteiger partial charge in [-0.1, -0.05) is 18.2 Å². The highest BCUT2D eigenvalue weighted by Crippen LogP contribution is 2.43. The summed E-state index contributed by atoms with van der Waals surface area (Å²) in [5.74, 6) is -0.477. The summed E-state index contributed by atoms with van der Waals surface area (Å²) < 4.78 is 19.1. The molecule has 0 aromatic heterocycles. The van der Waals surface area contributed by atoms with Crippen molar-refractivity contribution in [1.82, 2.24) is 0 Å². The first-order valence-corrected chi connectivity index (χ1v) is 5.79. The third-order valence-electron chi connectivity index (χ3n) is 3.77. The second-order valence-corrected chi connectivity index (χ2v) is 4.70. The van der Waals surface area contributed by atoms with Gasteiger partial charge in [0.1, 0.15) is 5.82 Å². The molecule has 3 nitrogen and oxygen atoms in total. The van der Waals surface area contributed by atoms with Crippen LogP contribution in [0.25, 0.3) is 0 Å². The summed E-state index contributed by atoms with van der Waals surface area (Å²) in [6.45, 7) is -0.0509. The number of aliphatic hydroxyl groups excluding tert-OH is 1. The van der Waals surface area contributed by atoms with Crippen molar-refractivity contribution < 1.29 is 14.2 Å². The van der Waals surface area contributed by atoms with Crippen molar-refractivity contribution in [2.75, 3.05) is 13.7 Å². The number of methoxy groups -OCH3 is 1. The molecule has 0 aliphatic heterocycles. The summed E-state index contributed by atoms with van der Waals surface area (Å²) in [5, 5.41) is 9.41. The lowest BCUT2D eigenvalue weighted by molar-refractivity contribution is 0.0996. The van der Waals surface area contributed by atoms with Gasteiger partial charge in [-0.3, -0.25) is 0 Å². The lowest BCUT2D eigenvalue weighted by Crippen LogP contribution is -2.42. The highest BCUT2D eigenvalue weighted by Gasteiger charge is 2.46. The van der Waals surface area contributed by atoms with Gasteiger partial charge in [-0.25, -0.2) is 4.39 Å². The number of rotatable bonds is 3. The Hall–Kier alpha value is -0.970. The second kappa shape index (κ2) is 4.72. The highest BCUT2D eigenvalue weighted by atomic mass is 19.1. The first kappa shape index (κ1) is 12.5. The van der Waals surface area contributed by atoms with Crippen LogP contribution >= 0.6 is 0 Å².